The monoisotopic (exact) mass is 180 g/mol. The van der Waals surface area contributed by atoms with Gasteiger partial charge in [-0.3, -0.25) is 9.59 Å². The van der Waals surface area contributed by atoms with Crippen molar-refractivity contribution in [3.05, 3.63) is 23.3 Å². The Morgan fingerprint density at radius 2 is 2.23 bits per heavy atom. The van der Waals surface area contributed by atoms with Gasteiger partial charge >= 0.3 is 0 Å². The molecule has 3 nitrogen and oxygen atoms in total. The molecule has 0 heterocycles. The first-order valence-electron chi connectivity index (χ1n) is 4.09. The number of hydrogen-bond donors (Lipinski definition) is 1. The molecule has 0 aromatic carbocycles. The predicted octanol–water partition coefficient (Wildman–Crippen LogP) is 0.638. The highest BCUT2D eigenvalue weighted by Gasteiger charge is 2.31. The summed E-state index contributed by atoms with van der Waals surface area (Å²) in [6, 6.07) is 0. The summed E-state index contributed by atoms with van der Waals surface area (Å²) in [5.74, 6) is -0.287. The van der Waals surface area contributed by atoms with Gasteiger partial charge in [-0.15, -0.1) is 0 Å². The summed E-state index contributed by atoms with van der Waals surface area (Å²) in [7, 11) is 0. The summed E-state index contributed by atoms with van der Waals surface area (Å²) < 4.78 is 0. The van der Waals surface area contributed by atoms with E-state index in [1.807, 2.05) is 0 Å². The highest BCUT2D eigenvalue weighted by molar-refractivity contribution is 5.83. The fourth-order valence-corrected chi connectivity index (χ4v) is 1.60. The van der Waals surface area contributed by atoms with Gasteiger partial charge in [0.05, 0.1) is 6.10 Å². The molecule has 0 spiro atoms. The van der Waals surface area contributed by atoms with Crippen molar-refractivity contribution in [2.75, 3.05) is 0 Å². The molecule has 0 aromatic rings. The maximum atomic E-state index is 10.7. The Bertz CT molecular complexity index is 289. The first-order chi connectivity index (χ1) is 6.11. The van der Waals surface area contributed by atoms with Crippen molar-refractivity contribution in [3.63, 3.8) is 0 Å². The van der Waals surface area contributed by atoms with Crippen LogP contribution in [0.2, 0.25) is 0 Å². The first kappa shape index (κ1) is 9.86. The topological polar surface area (TPSA) is 54.4 Å². The van der Waals surface area contributed by atoms with Crippen LogP contribution in [-0.4, -0.2) is 23.8 Å². The van der Waals surface area contributed by atoms with Gasteiger partial charge in [0.15, 0.2) is 0 Å². The minimum atomic E-state index is -0.609. The van der Waals surface area contributed by atoms with Crippen molar-refractivity contribution in [1.82, 2.24) is 0 Å². The molecular formula is C10H12O3. The highest BCUT2D eigenvalue weighted by Crippen LogP contribution is 2.34. The van der Waals surface area contributed by atoms with E-state index in [4.69, 9.17) is 0 Å². The first-order valence-corrected chi connectivity index (χ1v) is 4.09. The van der Waals surface area contributed by atoms with E-state index in [0.29, 0.717) is 35.7 Å². The van der Waals surface area contributed by atoms with Gasteiger partial charge in [0.25, 0.3) is 0 Å². The third-order valence-electron chi connectivity index (χ3n) is 2.52. The molecule has 0 aromatic heterocycles. The van der Waals surface area contributed by atoms with Gasteiger partial charge in [-0.1, -0.05) is 6.58 Å². The van der Waals surface area contributed by atoms with E-state index in [1.54, 1.807) is 6.92 Å². The fourth-order valence-electron chi connectivity index (χ4n) is 1.60. The molecule has 0 saturated carbocycles. The molecule has 0 saturated heterocycles. The summed E-state index contributed by atoms with van der Waals surface area (Å²) >= 11 is 0. The molecule has 2 atom stereocenters. The molecule has 0 unspecified atom stereocenters. The number of carbonyl (C=O) groups excluding carboxylic acids is 2. The van der Waals surface area contributed by atoms with Crippen molar-refractivity contribution in [1.29, 1.82) is 0 Å². The Kier molecular flexibility index (Phi) is 2.78. The molecule has 0 bridgehead atoms. The SMILES string of the molecule is C=C(C=O)[C@@H]1C[C@H](O)C(C)=C1C=O. The van der Waals surface area contributed by atoms with Gasteiger partial charge in [-0.05, 0) is 24.5 Å². The molecule has 0 fully saturated rings. The average Bonchev–Trinajstić information content (AvgIpc) is 2.42. The van der Waals surface area contributed by atoms with Crippen molar-refractivity contribution in [2.24, 2.45) is 5.92 Å². The second-order valence-electron chi connectivity index (χ2n) is 3.25. The van der Waals surface area contributed by atoms with Gasteiger partial charge < -0.3 is 5.11 Å². The molecule has 1 N–H and O–H groups in total. The van der Waals surface area contributed by atoms with Crippen LogP contribution in [0.1, 0.15) is 13.3 Å². The van der Waals surface area contributed by atoms with Crippen LogP contribution < -0.4 is 0 Å². The Balaban J connectivity index is 2.99. The normalized spacial score (nSPS) is 27.5. The number of aldehydes is 2. The van der Waals surface area contributed by atoms with Gasteiger partial charge in [-0.25, -0.2) is 0 Å². The smallest absolute Gasteiger partial charge is 0.146 e. The predicted molar refractivity (Wildman–Crippen MR) is 48.1 cm³/mol. The van der Waals surface area contributed by atoms with E-state index >= 15 is 0 Å². The minimum absolute atomic E-state index is 0.287. The van der Waals surface area contributed by atoms with Crippen LogP contribution in [0.5, 0.6) is 0 Å². The third-order valence-corrected chi connectivity index (χ3v) is 2.52. The van der Waals surface area contributed by atoms with E-state index < -0.39 is 6.10 Å². The lowest BCUT2D eigenvalue weighted by Gasteiger charge is -2.08. The standard InChI is InChI=1S/C10H12O3/c1-6(4-11)8-3-10(13)7(2)9(8)5-12/h4-5,8,10,13H,1,3H2,2H3/t8-,10-/m0/s1. The zero-order valence-corrected chi connectivity index (χ0v) is 7.49. The summed E-state index contributed by atoms with van der Waals surface area (Å²) in [5, 5.41) is 9.44. The van der Waals surface area contributed by atoms with Crippen molar-refractivity contribution in [3.8, 4) is 0 Å². The van der Waals surface area contributed by atoms with Gasteiger partial charge in [-0.2, -0.15) is 0 Å². The van der Waals surface area contributed by atoms with Crippen LogP contribution >= 0.6 is 0 Å². The Morgan fingerprint density at radius 1 is 1.62 bits per heavy atom. The van der Waals surface area contributed by atoms with Gasteiger partial charge in [0.1, 0.15) is 12.6 Å². The number of aliphatic hydroxyl groups excluding tert-OH is 1. The van der Waals surface area contributed by atoms with Crippen molar-refractivity contribution >= 4 is 12.6 Å². The zero-order valence-electron chi connectivity index (χ0n) is 7.49. The van der Waals surface area contributed by atoms with Crippen LogP contribution in [0.15, 0.2) is 23.3 Å². The van der Waals surface area contributed by atoms with E-state index in [1.165, 1.54) is 0 Å². The summed E-state index contributed by atoms with van der Waals surface area (Å²) in [6.45, 7) is 5.25. The summed E-state index contributed by atoms with van der Waals surface area (Å²) in [4.78, 5) is 21.1. The maximum absolute atomic E-state index is 10.7. The maximum Gasteiger partial charge on any atom is 0.146 e. The van der Waals surface area contributed by atoms with Crippen LogP contribution in [0.25, 0.3) is 0 Å². The minimum Gasteiger partial charge on any atom is -0.389 e. The average molecular weight is 180 g/mol. The van der Waals surface area contributed by atoms with Crippen molar-refractivity contribution < 1.29 is 14.7 Å². The molecule has 3 heteroatoms. The number of rotatable bonds is 3. The quantitative estimate of drug-likeness (QED) is 0.512. The van der Waals surface area contributed by atoms with Crippen LogP contribution in [0, 0.1) is 5.92 Å². The second kappa shape index (κ2) is 3.66. The van der Waals surface area contributed by atoms with Crippen LogP contribution in [-0.2, 0) is 9.59 Å². The lowest BCUT2D eigenvalue weighted by molar-refractivity contribution is -0.105. The number of hydrogen-bond acceptors (Lipinski definition) is 3. The Morgan fingerprint density at radius 3 is 2.69 bits per heavy atom. The number of carbonyl (C=O) groups is 2. The van der Waals surface area contributed by atoms with E-state index in [2.05, 4.69) is 6.58 Å². The van der Waals surface area contributed by atoms with Crippen LogP contribution in [0.3, 0.4) is 0 Å². The van der Waals surface area contributed by atoms with Crippen LogP contribution in [0.4, 0.5) is 0 Å². The zero-order chi connectivity index (χ0) is 10.0. The summed E-state index contributed by atoms with van der Waals surface area (Å²) in [6.07, 6.45) is 1.13. The Labute approximate surface area is 76.8 Å². The molecule has 0 aliphatic heterocycles. The highest BCUT2D eigenvalue weighted by atomic mass is 16.3. The lowest BCUT2D eigenvalue weighted by atomic mass is 9.94. The van der Waals surface area contributed by atoms with E-state index in [-0.39, 0.29) is 5.92 Å². The lowest BCUT2D eigenvalue weighted by Crippen LogP contribution is -2.07. The second-order valence-corrected chi connectivity index (χ2v) is 3.25. The van der Waals surface area contributed by atoms with Gasteiger partial charge in [0, 0.05) is 11.5 Å². The number of aliphatic hydroxyl groups is 1. The largest absolute Gasteiger partial charge is 0.389 e. The summed E-state index contributed by atoms with van der Waals surface area (Å²) in [5.41, 5.74) is 1.52. The van der Waals surface area contributed by atoms with Gasteiger partial charge in [0.2, 0.25) is 0 Å². The molecule has 70 valence electrons. The molecule has 0 radical (unpaired) electrons. The van der Waals surface area contributed by atoms with E-state index in [0.717, 1.165) is 0 Å². The number of allylic oxidation sites excluding steroid dienone is 2. The molecule has 1 aliphatic rings. The Hall–Kier alpha value is -1.22. The fraction of sp³-hybridized carbons (Fsp3) is 0.400. The molecule has 0 amide bonds. The molecule has 1 aliphatic carbocycles. The van der Waals surface area contributed by atoms with Crippen molar-refractivity contribution in [2.45, 2.75) is 19.4 Å². The van der Waals surface area contributed by atoms with E-state index in [9.17, 15) is 14.7 Å². The molecule has 1 rings (SSSR count). The molecular weight excluding hydrogens is 168 g/mol. The third kappa shape index (κ3) is 1.60. The molecule has 13 heavy (non-hydrogen) atoms.